The fourth-order valence-corrected chi connectivity index (χ4v) is 2.43. The largest absolute Gasteiger partial charge is 0.229 e. The summed E-state index contributed by atoms with van der Waals surface area (Å²) in [6, 6.07) is 0. The van der Waals surface area contributed by atoms with Gasteiger partial charge in [0.25, 0.3) is 0 Å². The molecule has 1 aliphatic heterocycles. The molecule has 0 aromatic heterocycles. The first-order valence-electron chi connectivity index (χ1n) is 3.28. The Balaban J connectivity index is 2.92. The van der Waals surface area contributed by atoms with Crippen LogP contribution in [0.25, 0.3) is 0 Å². The molecule has 0 radical (unpaired) electrons. The SMILES string of the molecule is C=C(Cl)/N=C1/SC(Br)=C/C1=C/C. The van der Waals surface area contributed by atoms with E-state index in [2.05, 4.69) is 27.5 Å². The zero-order valence-electron chi connectivity index (χ0n) is 6.47. The normalized spacial score (nSPS) is 23.4. The third kappa shape index (κ3) is 2.51. The first-order valence-corrected chi connectivity index (χ1v) is 5.27. The Labute approximate surface area is 89.4 Å². The van der Waals surface area contributed by atoms with Crippen LogP contribution in [0.2, 0.25) is 0 Å². The average molecular weight is 265 g/mol. The second-order valence-corrected chi connectivity index (χ2v) is 4.93. The minimum atomic E-state index is 0.312. The van der Waals surface area contributed by atoms with Crippen LogP contribution in [0, 0.1) is 0 Å². The summed E-state index contributed by atoms with van der Waals surface area (Å²) < 4.78 is 1.05. The Bertz CT molecular complexity index is 304. The molecule has 0 amide bonds. The van der Waals surface area contributed by atoms with Crippen LogP contribution >= 0.6 is 39.3 Å². The summed E-state index contributed by atoms with van der Waals surface area (Å²) in [4.78, 5) is 4.08. The summed E-state index contributed by atoms with van der Waals surface area (Å²) in [6.45, 7) is 5.47. The summed E-state index contributed by atoms with van der Waals surface area (Å²) >= 11 is 10.5. The predicted octanol–water partition coefficient (Wildman–Crippen LogP) is 4.02. The molecule has 0 N–H and O–H groups in total. The molecule has 0 aliphatic carbocycles. The van der Waals surface area contributed by atoms with Crippen molar-refractivity contribution < 1.29 is 0 Å². The molecule has 64 valence electrons. The monoisotopic (exact) mass is 263 g/mol. The van der Waals surface area contributed by atoms with Crippen molar-refractivity contribution in [2.75, 3.05) is 0 Å². The zero-order chi connectivity index (χ0) is 9.14. The van der Waals surface area contributed by atoms with Gasteiger partial charge < -0.3 is 0 Å². The van der Waals surface area contributed by atoms with Crippen LogP contribution in [0.5, 0.6) is 0 Å². The Morgan fingerprint density at radius 3 is 3.00 bits per heavy atom. The number of rotatable bonds is 1. The molecule has 12 heavy (non-hydrogen) atoms. The van der Waals surface area contributed by atoms with E-state index in [-0.39, 0.29) is 0 Å². The summed E-state index contributed by atoms with van der Waals surface area (Å²) in [6.07, 6.45) is 3.99. The molecule has 0 atom stereocenters. The fraction of sp³-hybridized carbons (Fsp3) is 0.125. The number of thioether (sulfide) groups is 1. The molecule has 1 heterocycles. The van der Waals surface area contributed by atoms with Gasteiger partial charge in [0.15, 0.2) is 0 Å². The molecule has 0 bridgehead atoms. The third-order valence-electron chi connectivity index (χ3n) is 1.24. The standard InChI is InChI=1S/C8H7BrClNS/c1-3-6-4-7(9)12-8(6)11-5(2)10/h3-4H,2H2,1H3/b6-3-,11-8+. The number of hydrogen-bond donors (Lipinski definition) is 0. The van der Waals surface area contributed by atoms with E-state index in [0.29, 0.717) is 5.16 Å². The van der Waals surface area contributed by atoms with Gasteiger partial charge in [-0.25, -0.2) is 4.99 Å². The minimum absolute atomic E-state index is 0.312. The lowest BCUT2D eigenvalue weighted by Crippen LogP contribution is -1.88. The molecule has 4 heteroatoms. The van der Waals surface area contributed by atoms with E-state index in [9.17, 15) is 0 Å². The second-order valence-electron chi connectivity index (χ2n) is 2.09. The van der Waals surface area contributed by atoms with Gasteiger partial charge in [0.05, 0.1) is 3.81 Å². The molecule has 0 fully saturated rings. The fourth-order valence-electron chi connectivity index (χ4n) is 0.769. The lowest BCUT2D eigenvalue weighted by atomic mass is 10.3. The Kier molecular flexibility index (Phi) is 3.62. The molecule has 0 unspecified atom stereocenters. The molecular formula is C8H7BrClNS. The van der Waals surface area contributed by atoms with Gasteiger partial charge in [0.1, 0.15) is 10.2 Å². The van der Waals surface area contributed by atoms with Crippen LogP contribution in [0.3, 0.4) is 0 Å². The van der Waals surface area contributed by atoms with Gasteiger partial charge in [-0.1, -0.05) is 36.0 Å². The van der Waals surface area contributed by atoms with Crippen molar-refractivity contribution in [2.45, 2.75) is 6.92 Å². The van der Waals surface area contributed by atoms with Crippen molar-refractivity contribution in [2.24, 2.45) is 4.99 Å². The van der Waals surface area contributed by atoms with Crippen LogP contribution in [0.1, 0.15) is 6.92 Å². The Morgan fingerprint density at radius 2 is 2.50 bits per heavy atom. The molecule has 0 spiro atoms. The van der Waals surface area contributed by atoms with Gasteiger partial charge in [-0.05, 0) is 28.9 Å². The van der Waals surface area contributed by atoms with Crippen molar-refractivity contribution in [1.82, 2.24) is 0 Å². The first kappa shape index (κ1) is 10.1. The Hall–Kier alpha value is 0.01000. The molecule has 0 aromatic rings. The summed E-state index contributed by atoms with van der Waals surface area (Å²) in [7, 11) is 0. The Morgan fingerprint density at radius 1 is 1.83 bits per heavy atom. The van der Waals surface area contributed by atoms with Gasteiger partial charge in [-0.2, -0.15) is 0 Å². The van der Waals surface area contributed by atoms with Gasteiger partial charge in [0.2, 0.25) is 0 Å². The van der Waals surface area contributed by atoms with E-state index in [0.717, 1.165) is 14.4 Å². The molecule has 1 rings (SSSR count). The molecule has 0 saturated heterocycles. The lowest BCUT2D eigenvalue weighted by Gasteiger charge is -1.95. The summed E-state index contributed by atoms with van der Waals surface area (Å²) in [5.41, 5.74) is 1.08. The average Bonchev–Trinajstić information content (AvgIpc) is 2.29. The van der Waals surface area contributed by atoms with E-state index in [1.165, 1.54) is 0 Å². The molecule has 0 aromatic carbocycles. The van der Waals surface area contributed by atoms with Crippen molar-refractivity contribution in [3.05, 3.63) is 33.3 Å². The maximum atomic E-state index is 5.57. The van der Waals surface area contributed by atoms with E-state index >= 15 is 0 Å². The van der Waals surface area contributed by atoms with Gasteiger partial charge in [-0.15, -0.1) is 0 Å². The maximum absolute atomic E-state index is 5.57. The van der Waals surface area contributed by atoms with Gasteiger partial charge in [0, 0.05) is 5.57 Å². The maximum Gasteiger partial charge on any atom is 0.123 e. The molecule has 1 aliphatic rings. The third-order valence-corrected chi connectivity index (χ3v) is 2.88. The predicted molar refractivity (Wildman–Crippen MR) is 60.8 cm³/mol. The summed E-state index contributed by atoms with van der Waals surface area (Å²) in [5, 5.41) is 1.21. The van der Waals surface area contributed by atoms with E-state index < -0.39 is 0 Å². The zero-order valence-corrected chi connectivity index (χ0v) is 9.63. The van der Waals surface area contributed by atoms with Crippen molar-refractivity contribution in [3.63, 3.8) is 0 Å². The van der Waals surface area contributed by atoms with E-state index in [1.807, 2.05) is 19.1 Å². The highest BCUT2D eigenvalue weighted by atomic mass is 79.9. The molecule has 1 nitrogen and oxygen atoms in total. The van der Waals surface area contributed by atoms with Crippen molar-refractivity contribution in [3.8, 4) is 0 Å². The highest BCUT2D eigenvalue weighted by Gasteiger charge is 2.15. The topological polar surface area (TPSA) is 12.4 Å². The number of halogens is 2. The van der Waals surface area contributed by atoms with Gasteiger partial charge >= 0.3 is 0 Å². The number of nitrogens with zero attached hydrogens (tertiary/aromatic N) is 1. The van der Waals surface area contributed by atoms with Crippen LogP contribution in [-0.2, 0) is 0 Å². The molecular weight excluding hydrogens is 258 g/mol. The minimum Gasteiger partial charge on any atom is -0.229 e. The number of allylic oxidation sites excluding steroid dienone is 2. The quantitative estimate of drug-likeness (QED) is 0.652. The van der Waals surface area contributed by atoms with E-state index in [4.69, 9.17) is 11.6 Å². The number of aliphatic imine (C=N–C) groups is 1. The van der Waals surface area contributed by atoms with Gasteiger partial charge in [-0.3, -0.25) is 0 Å². The van der Waals surface area contributed by atoms with Crippen LogP contribution in [0.4, 0.5) is 0 Å². The van der Waals surface area contributed by atoms with Crippen LogP contribution < -0.4 is 0 Å². The number of hydrogen-bond acceptors (Lipinski definition) is 2. The van der Waals surface area contributed by atoms with Crippen LogP contribution in [0.15, 0.2) is 38.3 Å². The lowest BCUT2D eigenvalue weighted by molar-refractivity contribution is 1.53. The van der Waals surface area contributed by atoms with Crippen molar-refractivity contribution >= 4 is 44.3 Å². The van der Waals surface area contributed by atoms with E-state index in [1.54, 1.807) is 11.8 Å². The summed E-state index contributed by atoms with van der Waals surface area (Å²) in [5.74, 6) is 0. The van der Waals surface area contributed by atoms with Crippen molar-refractivity contribution in [1.29, 1.82) is 0 Å². The smallest absolute Gasteiger partial charge is 0.123 e. The molecule has 0 saturated carbocycles. The highest BCUT2D eigenvalue weighted by molar-refractivity contribution is 9.14. The second kappa shape index (κ2) is 4.30. The first-order chi connectivity index (χ1) is 5.63. The highest BCUT2D eigenvalue weighted by Crippen LogP contribution is 2.36. The van der Waals surface area contributed by atoms with Crippen LogP contribution in [-0.4, -0.2) is 5.04 Å².